The molecule has 0 radical (unpaired) electrons. The Hall–Kier alpha value is -1.62. The molecule has 2 aromatic carbocycles. The Morgan fingerprint density at radius 3 is 1.06 bits per heavy atom. The van der Waals surface area contributed by atoms with Crippen LogP contribution < -0.4 is 18.9 Å². The summed E-state index contributed by atoms with van der Waals surface area (Å²) in [6.07, 6.45) is 0. The van der Waals surface area contributed by atoms with Gasteiger partial charge in [0.2, 0.25) is 0 Å². The van der Waals surface area contributed by atoms with Gasteiger partial charge in [-0.3, -0.25) is 9.59 Å². The second-order valence-corrected chi connectivity index (χ2v) is 3.75. The Morgan fingerprint density at radius 1 is 0.588 bits per heavy atom. The van der Waals surface area contributed by atoms with Crippen molar-refractivity contribution in [2.75, 3.05) is 0 Å². The van der Waals surface area contributed by atoms with Gasteiger partial charge in [-0.05, 0) is 0 Å². The van der Waals surface area contributed by atoms with Gasteiger partial charge in [-0.15, -0.1) is 0 Å². The van der Waals surface area contributed by atoms with E-state index in [1.54, 1.807) is 48.5 Å². The molecule has 0 amide bonds. The van der Waals surface area contributed by atoms with Gasteiger partial charge < -0.3 is 1.43 Å². The largest absolute Gasteiger partial charge is 1.00 e. The first-order chi connectivity index (χ1) is 7.79. The minimum atomic E-state index is -0.0641. The Labute approximate surface area is 112 Å². The van der Waals surface area contributed by atoms with Crippen LogP contribution in [-0.4, -0.2) is 11.6 Å². The van der Waals surface area contributed by atoms with E-state index in [9.17, 15) is 9.59 Å². The molecule has 2 nitrogen and oxygen atoms in total. The number of carbonyl (C=O) groups is 2. The first kappa shape index (κ1) is 11.9. The van der Waals surface area contributed by atoms with Gasteiger partial charge in [-0.2, -0.15) is 0 Å². The summed E-state index contributed by atoms with van der Waals surface area (Å²) in [6.45, 7) is 0. The van der Waals surface area contributed by atoms with Crippen molar-refractivity contribution < 1.29 is 29.9 Å². The summed E-state index contributed by atoms with van der Waals surface area (Å²) < 4.78 is 0. The Morgan fingerprint density at radius 2 is 0.824 bits per heavy atom. The number of rotatable bonds is 0. The summed E-state index contributed by atoms with van der Waals surface area (Å²) in [7, 11) is 0. The van der Waals surface area contributed by atoms with Crippen LogP contribution in [0, 0.1) is 0 Å². The molecule has 78 valence electrons. The van der Waals surface area contributed by atoms with Crippen molar-refractivity contribution in [3.63, 3.8) is 0 Å². The quantitative estimate of drug-likeness (QED) is 0.478. The predicted octanol–water partition coefficient (Wildman–Crippen LogP) is -0.422. The maximum absolute atomic E-state index is 12.1. The third-order valence-corrected chi connectivity index (χ3v) is 2.83. The molecule has 1 aliphatic carbocycles. The van der Waals surface area contributed by atoms with Crippen LogP contribution in [0.5, 0.6) is 0 Å². The molecule has 2 aromatic rings. The zero-order valence-electron chi connectivity index (χ0n) is 10.4. The molecule has 0 atom stereocenters. The zero-order chi connectivity index (χ0) is 11.1. The van der Waals surface area contributed by atoms with E-state index >= 15 is 0 Å². The van der Waals surface area contributed by atoms with E-state index in [-0.39, 0.29) is 31.9 Å². The molecule has 3 heteroatoms. The minimum Gasteiger partial charge on any atom is -1.00 e. The number of carbonyl (C=O) groups excluding carboxylic acids is 2. The Bertz CT molecular complexity index is 517. The maximum Gasteiger partial charge on any atom is 1.00 e. The van der Waals surface area contributed by atoms with Crippen LogP contribution in [0.15, 0.2) is 48.5 Å². The fourth-order valence-electron chi connectivity index (χ4n) is 2.05. The van der Waals surface area contributed by atoms with Crippen LogP contribution in [-0.2, 0) is 0 Å². The first-order valence-corrected chi connectivity index (χ1v) is 5.06. The average molecular weight is 216 g/mol. The van der Waals surface area contributed by atoms with E-state index in [2.05, 4.69) is 0 Å². The van der Waals surface area contributed by atoms with Crippen molar-refractivity contribution in [1.29, 1.82) is 0 Å². The third kappa shape index (κ3) is 1.66. The molecular weight excluding hydrogens is 207 g/mol. The topological polar surface area (TPSA) is 34.1 Å². The SMILES string of the molecule is O=C1c2ccccc2C(=O)c2ccccc21.[H-].[Li+]. The molecule has 0 heterocycles. The molecule has 0 aliphatic heterocycles. The number of hydrogen-bond acceptors (Lipinski definition) is 2. The van der Waals surface area contributed by atoms with Gasteiger partial charge >= 0.3 is 18.9 Å². The van der Waals surface area contributed by atoms with Gasteiger partial charge in [-0.25, -0.2) is 0 Å². The fourth-order valence-corrected chi connectivity index (χ4v) is 2.05. The van der Waals surface area contributed by atoms with Gasteiger partial charge in [0.05, 0.1) is 0 Å². The van der Waals surface area contributed by atoms with Gasteiger partial charge in [0, 0.05) is 22.3 Å². The molecule has 17 heavy (non-hydrogen) atoms. The molecule has 0 N–H and O–H groups in total. The number of benzene rings is 2. The number of hydrogen-bond donors (Lipinski definition) is 0. The molecule has 0 saturated heterocycles. The smallest absolute Gasteiger partial charge is 1.00 e. The molecule has 0 fully saturated rings. The van der Waals surface area contributed by atoms with E-state index in [0.717, 1.165) is 0 Å². The molecule has 0 saturated carbocycles. The number of ketones is 2. The third-order valence-electron chi connectivity index (χ3n) is 2.83. The second kappa shape index (κ2) is 4.33. The van der Waals surface area contributed by atoms with Crippen LogP contribution >= 0.6 is 0 Å². The average Bonchev–Trinajstić information content (AvgIpc) is 2.36. The van der Waals surface area contributed by atoms with Crippen LogP contribution in [0.1, 0.15) is 33.3 Å². The zero-order valence-corrected chi connectivity index (χ0v) is 9.44. The van der Waals surface area contributed by atoms with E-state index in [1.807, 2.05) is 0 Å². The number of fused-ring (bicyclic) bond motifs is 2. The van der Waals surface area contributed by atoms with Crippen LogP contribution in [0.2, 0.25) is 0 Å². The van der Waals surface area contributed by atoms with Crippen molar-refractivity contribution in [2.45, 2.75) is 0 Å². The summed E-state index contributed by atoms with van der Waals surface area (Å²) in [6, 6.07) is 13.9. The van der Waals surface area contributed by atoms with Crippen molar-refractivity contribution in [3.8, 4) is 0 Å². The molecule has 0 unspecified atom stereocenters. The van der Waals surface area contributed by atoms with E-state index in [0.29, 0.717) is 22.3 Å². The van der Waals surface area contributed by atoms with Gasteiger partial charge in [0.25, 0.3) is 0 Å². The van der Waals surface area contributed by atoms with Crippen molar-refractivity contribution in [1.82, 2.24) is 0 Å². The molecule has 0 aromatic heterocycles. The monoisotopic (exact) mass is 216 g/mol. The van der Waals surface area contributed by atoms with Gasteiger partial charge in [-0.1, -0.05) is 48.5 Å². The normalized spacial score (nSPS) is 12.5. The van der Waals surface area contributed by atoms with Crippen LogP contribution in [0.4, 0.5) is 0 Å². The summed E-state index contributed by atoms with van der Waals surface area (Å²) in [5.74, 6) is -0.128. The summed E-state index contributed by atoms with van der Waals surface area (Å²) in [5.41, 5.74) is 2.02. The summed E-state index contributed by atoms with van der Waals surface area (Å²) in [4.78, 5) is 24.2. The maximum atomic E-state index is 12.1. The molecule has 0 spiro atoms. The van der Waals surface area contributed by atoms with Crippen molar-refractivity contribution in [3.05, 3.63) is 70.8 Å². The van der Waals surface area contributed by atoms with Gasteiger partial charge in [0.15, 0.2) is 11.6 Å². The van der Waals surface area contributed by atoms with E-state index < -0.39 is 0 Å². The van der Waals surface area contributed by atoms with E-state index in [1.165, 1.54) is 0 Å². The Kier molecular flexibility index (Phi) is 3.02. The minimum absolute atomic E-state index is 0. The Balaban J connectivity index is 0.000000810. The second-order valence-electron chi connectivity index (χ2n) is 3.75. The van der Waals surface area contributed by atoms with Gasteiger partial charge in [0.1, 0.15) is 0 Å². The molecule has 3 rings (SSSR count). The van der Waals surface area contributed by atoms with Crippen LogP contribution in [0.3, 0.4) is 0 Å². The first-order valence-electron chi connectivity index (χ1n) is 5.06. The summed E-state index contributed by atoms with van der Waals surface area (Å²) in [5, 5.41) is 0. The predicted molar refractivity (Wildman–Crippen MR) is 60.9 cm³/mol. The molecule has 0 bridgehead atoms. The van der Waals surface area contributed by atoms with Crippen molar-refractivity contribution >= 4 is 11.6 Å². The van der Waals surface area contributed by atoms with Crippen LogP contribution in [0.25, 0.3) is 0 Å². The molecular formula is C14H9LiO2. The fraction of sp³-hybridized carbons (Fsp3) is 0. The molecule has 1 aliphatic rings. The summed E-state index contributed by atoms with van der Waals surface area (Å²) >= 11 is 0. The van der Waals surface area contributed by atoms with E-state index in [4.69, 9.17) is 0 Å². The standard InChI is InChI=1S/C14H8O2.Li.H/c15-13-9-5-1-2-6-10(9)14(16)12-8-4-3-7-11(12)13;;/h1-8H;;/q;+1;-1. The van der Waals surface area contributed by atoms with Crippen molar-refractivity contribution in [2.24, 2.45) is 0 Å².